The number of hydrogen-bond acceptors (Lipinski definition) is 1. The fourth-order valence-electron chi connectivity index (χ4n) is 2.06. The van der Waals surface area contributed by atoms with Crippen molar-refractivity contribution < 1.29 is 4.79 Å². The fraction of sp³-hybridized carbons (Fsp3) is 0. The van der Waals surface area contributed by atoms with Crippen molar-refractivity contribution in [3.8, 4) is 0 Å². The molecule has 1 heterocycles. The van der Waals surface area contributed by atoms with Crippen LogP contribution in [0.1, 0.15) is 5.56 Å². The largest absolute Gasteiger partial charge is 0.361 e. The van der Waals surface area contributed by atoms with Gasteiger partial charge in [0.15, 0.2) is 0 Å². The molecule has 0 bridgehead atoms. The van der Waals surface area contributed by atoms with E-state index in [1.165, 1.54) is 6.08 Å². The highest BCUT2D eigenvalue weighted by atomic mass is 79.9. The Morgan fingerprint density at radius 2 is 1.90 bits per heavy atom. The lowest BCUT2D eigenvalue weighted by atomic mass is 10.2. The van der Waals surface area contributed by atoms with Gasteiger partial charge < -0.3 is 10.3 Å². The van der Waals surface area contributed by atoms with Gasteiger partial charge in [0.05, 0.1) is 0 Å². The summed E-state index contributed by atoms with van der Waals surface area (Å²) in [5.41, 5.74) is 2.82. The normalized spacial score (nSPS) is 11.1. The average molecular weight is 341 g/mol. The molecule has 0 spiro atoms. The van der Waals surface area contributed by atoms with Gasteiger partial charge in [0.25, 0.3) is 0 Å². The molecule has 21 heavy (non-hydrogen) atoms. The molecule has 0 radical (unpaired) electrons. The Bertz CT molecular complexity index is 803. The number of carbonyl (C=O) groups excluding carboxylic acids is 1. The Labute approximate surface area is 130 Å². The van der Waals surface area contributed by atoms with Gasteiger partial charge in [-0.1, -0.05) is 28.1 Å². The van der Waals surface area contributed by atoms with Gasteiger partial charge in [0.2, 0.25) is 5.91 Å². The van der Waals surface area contributed by atoms with Crippen LogP contribution in [0.25, 0.3) is 17.0 Å². The van der Waals surface area contributed by atoms with E-state index >= 15 is 0 Å². The topological polar surface area (TPSA) is 44.9 Å². The van der Waals surface area contributed by atoms with Crippen molar-refractivity contribution in [2.75, 3.05) is 5.32 Å². The average Bonchev–Trinajstić information content (AvgIpc) is 2.94. The lowest BCUT2D eigenvalue weighted by Crippen LogP contribution is -2.07. The van der Waals surface area contributed by atoms with Crippen molar-refractivity contribution in [2.45, 2.75) is 0 Å². The number of amides is 1. The number of hydrogen-bond donors (Lipinski definition) is 2. The molecule has 0 saturated carbocycles. The molecule has 3 nitrogen and oxygen atoms in total. The molecule has 3 rings (SSSR count). The van der Waals surface area contributed by atoms with Crippen LogP contribution in [0.2, 0.25) is 0 Å². The smallest absolute Gasteiger partial charge is 0.248 e. The second-order valence-electron chi connectivity index (χ2n) is 4.65. The van der Waals surface area contributed by atoms with E-state index in [0.717, 1.165) is 26.6 Å². The van der Waals surface area contributed by atoms with E-state index in [2.05, 4.69) is 26.2 Å². The van der Waals surface area contributed by atoms with Gasteiger partial charge in [-0.2, -0.15) is 0 Å². The van der Waals surface area contributed by atoms with Gasteiger partial charge in [0, 0.05) is 33.3 Å². The van der Waals surface area contributed by atoms with Crippen LogP contribution in [0.3, 0.4) is 0 Å². The van der Waals surface area contributed by atoms with E-state index in [0.29, 0.717) is 0 Å². The first-order valence-corrected chi connectivity index (χ1v) is 7.32. The molecule has 0 saturated heterocycles. The van der Waals surface area contributed by atoms with Crippen LogP contribution in [0.15, 0.2) is 65.3 Å². The minimum atomic E-state index is -0.146. The SMILES string of the molecule is O=C(/C=C/c1ccc(Br)cc1)Nc1ccc2[nH]ccc2c1. The lowest BCUT2D eigenvalue weighted by molar-refractivity contribution is -0.111. The molecule has 2 N–H and O–H groups in total. The molecule has 0 unspecified atom stereocenters. The summed E-state index contributed by atoms with van der Waals surface area (Å²) in [6, 6.07) is 15.5. The predicted molar refractivity (Wildman–Crippen MR) is 90.1 cm³/mol. The molecule has 0 aliphatic heterocycles. The molecule has 0 aliphatic carbocycles. The van der Waals surface area contributed by atoms with Crippen LogP contribution in [0.4, 0.5) is 5.69 Å². The molecule has 1 amide bonds. The molecular formula is C17H13BrN2O. The highest BCUT2D eigenvalue weighted by Crippen LogP contribution is 2.18. The number of H-pyrrole nitrogens is 1. The van der Waals surface area contributed by atoms with Crippen LogP contribution in [0, 0.1) is 0 Å². The summed E-state index contributed by atoms with van der Waals surface area (Å²) in [5, 5.41) is 3.93. The van der Waals surface area contributed by atoms with Crippen molar-refractivity contribution in [3.63, 3.8) is 0 Å². The zero-order valence-electron chi connectivity index (χ0n) is 11.1. The van der Waals surface area contributed by atoms with Crippen molar-refractivity contribution in [1.82, 2.24) is 4.98 Å². The first-order chi connectivity index (χ1) is 10.2. The standard InChI is InChI=1S/C17H13BrN2O/c18-14-4-1-12(2-5-14)3-8-17(21)20-15-6-7-16-13(11-15)9-10-19-16/h1-11,19H,(H,20,21)/b8-3+. The summed E-state index contributed by atoms with van der Waals surface area (Å²) < 4.78 is 1.02. The first-order valence-electron chi connectivity index (χ1n) is 6.52. The minimum Gasteiger partial charge on any atom is -0.361 e. The number of halogens is 1. The maximum absolute atomic E-state index is 11.9. The Morgan fingerprint density at radius 1 is 1.10 bits per heavy atom. The van der Waals surface area contributed by atoms with Crippen LogP contribution in [0.5, 0.6) is 0 Å². The van der Waals surface area contributed by atoms with Crippen molar-refractivity contribution >= 4 is 44.5 Å². The third-order valence-corrected chi connectivity index (χ3v) is 3.65. The van der Waals surface area contributed by atoms with E-state index in [-0.39, 0.29) is 5.91 Å². The number of aromatic nitrogens is 1. The van der Waals surface area contributed by atoms with E-state index in [1.807, 2.05) is 54.7 Å². The summed E-state index contributed by atoms with van der Waals surface area (Å²) in [6.07, 6.45) is 5.20. The predicted octanol–water partition coefficient (Wildman–Crippen LogP) is 4.58. The second kappa shape index (κ2) is 5.97. The summed E-state index contributed by atoms with van der Waals surface area (Å²) in [6.45, 7) is 0. The van der Waals surface area contributed by atoms with Gasteiger partial charge in [-0.3, -0.25) is 4.79 Å². The Kier molecular flexibility index (Phi) is 3.88. The lowest BCUT2D eigenvalue weighted by Gasteiger charge is -2.02. The third kappa shape index (κ3) is 3.41. The maximum Gasteiger partial charge on any atom is 0.248 e. The first kappa shape index (κ1) is 13.6. The molecule has 0 aliphatic rings. The van der Waals surface area contributed by atoms with Gasteiger partial charge in [0.1, 0.15) is 0 Å². The monoisotopic (exact) mass is 340 g/mol. The number of carbonyl (C=O) groups is 1. The van der Waals surface area contributed by atoms with Gasteiger partial charge in [-0.25, -0.2) is 0 Å². The van der Waals surface area contributed by atoms with E-state index in [4.69, 9.17) is 0 Å². The Balaban J connectivity index is 1.69. The number of nitrogens with one attached hydrogen (secondary N) is 2. The number of rotatable bonds is 3. The molecule has 3 aromatic rings. The third-order valence-electron chi connectivity index (χ3n) is 3.12. The quantitative estimate of drug-likeness (QED) is 0.673. The second-order valence-corrected chi connectivity index (χ2v) is 5.57. The molecule has 2 aromatic carbocycles. The summed E-state index contributed by atoms with van der Waals surface area (Å²) in [5.74, 6) is -0.146. The number of anilines is 1. The van der Waals surface area contributed by atoms with E-state index in [9.17, 15) is 4.79 Å². The highest BCUT2D eigenvalue weighted by molar-refractivity contribution is 9.10. The van der Waals surface area contributed by atoms with Gasteiger partial charge >= 0.3 is 0 Å². The Hall–Kier alpha value is -2.33. The zero-order valence-corrected chi connectivity index (χ0v) is 12.7. The van der Waals surface area contributed by atoms with Crippen LogP contribution in [-0.2, 0) is 4.79 Å². The van der Waals surface area contributed by atoms with Crippen LogP contribution in [-0.4, -0.2) is 10.9 Å². The molecule has 0 atom stereocenters. The number of fused-ring (bicyclic) bond motifs is 1. The molecular weight excluding hydrogens is 328 g/mol. The minimum absolute atomic E-state index is 0.146. The molecule has 1 aromatic heterocycles. The zero-order chi connectivity index (χ0) is 14.7. The van der Waals surface area contributed by atoms with Crippen molar-refractivity contribution in [3.05, 3.63) is 70.8 Å². The Morgan fingerprint density at radius 3 is 2.71 bits per heavy atom. The van der Waals surface area contributed by atoms with Gasteiger partial charge in [-0.15, -0.1) is 0 Å². The fourth-order valence-corrected chi connectivity index (χ4v) is 2.33. The highest BCUT2D eigenvalue weighted by Gasteiger charge is 2.00. The number of benzene rings is 2. The summed E-state index contributed by atoms with van der Waals surface area (Å²) in [7, 11) is 0. The molecule has 104 valence electrons. The van der Waals surface area contributed by atoms with E-state index in [1.54, 1.807) is 6.08 Å². The van der Waals surface area contributed by atoms with E-state index < -0.39 is 0 Å². The van der Waals surface area contributed by atoms with Crippen LogP contribution < -0.4 is 5.32 Å². The van der Waals surface area contributed by atoms with Gasteiger partial charge in [-0.05, 0) is 48.0 Å². The summed E-state index contributed by atoms with van der Waals surface area (Å²) >= 11 is 3.38. The van der Waals surface area contributed by atoms with Crippen molar-refractivity contribution in [2.24, 2.45) is 0 Å². The molecule has 4 heteroatoms. The number of aromatic amines is 1. The van der Waals surface area contributed by atoms with Crippen LogP contribution >= 0.6 is 15.9 Å². The summed E-state index contributed by atoms with van der Waals surface area (Å²) in [4.78, 5) is 15.0. The van der Waals surface area contributed by atoms with Crippen molar-refractivity contribution in [1.29, 1.82) is 0 Å². The molecule has 0 fully saturated rings. The maximum atomic E-state index is 11.9.